The second-order valence-electron chi connectivity index (χ2n) is 3.69. The normalized spacial score (nSPS) is 12.4. The van der Waals surface area contributed by atoms with E-state index in [4.69, 9.17) is 0 Å². The van der Waals surface area contributed by atoms with Crippen LogP contribution in [0.4, 0.5) is 0 Å². The largest absolute Gasteiger partial charge is 0.384 e. The van der Waals surface area contributed by atoms with Crippen molar-refractivity contribution < 1.29 is 5.11 Å². The van der Waals surface area contributed by atoms with Crippen molar-refractivity contribution in [2.24, 2.45) is 0 Å². The Kier molecular flexibility index (Phi) is 3.56. The Labute approximate surface area is 108 Å². The van der Waals surface area contributed by atoms with E-state index in [1.54, 1.807) is 12.4 Å². The average Bonchev–Trinajstić information content (AvgIpc) is 2.30. The number of aromatic nitrogens is 1. The van der Waals surface area contributed by atoms with Crippen LogP contribution in [0.5, 0.6) is 0 Å². The molecule has 16 heavy (non-hydrogen) atoms. The standard InChI is InChI=1S/C13H12INO/c1-9-6-7-15-8-12(9)13(16)10-2-4-11(14)5-3-10/h2-8,13,16H,1H3. The van der Waals surface area contributed by atoms with Crippen LogP contribution >= 0.6 is 22.6 Å². The lowest BCUT2D eigenvalue weighted by atomic mass is 10.00. The van der Waals surface area contributed by atoms with Gasteiger partial charge in [0.25, 0.3) is 0 Å². The van der Waals surface area contributed by atoms with Gasteiger partial charge in [-0.05, 0) is 58.8 Å². The molecule has 82 valence electrons. The molecule has 2 aromatic rings. The van der Waals surface area contributed by atoms with Gasteiger partial charge in [0, 0.05) is 21.5 Å². The molecule has 1 unspecified atom stereocenters. The fraction of sp³-hybridized carbons (Fsp3) is 0.154. The zero-order valence-corrected chi connectivity index (χ0v) is 11.0. The van der Waals surface area contributed by atoms with E-state index in [2.05, 4.69) is 27.6 Å². The highest BCUT2D eigenvalue weighted by Crippen LogP contribution is 2.24. The Bertz CT molecular complexity index is 482. The molecule has 0 saturated carbocycles. The first-order valence-corrected chi connectivity index (χ1v) is 6.10. The van der Waals surface area contributed by atoms with E-state index < -0.39 is 6.10 Å². The van der Waals surface area contributed by atoms with Gasteiger partial charge in [-0.1, -0.05) is 12.1 Å². The van der Waals surface area contributed by atoms with Crippen LogP contribution in [-0.4, -0.2) is 10.1 Å². The Morgan fingerprint density at radius 3 is 2.50 bits per heavy atom. The summed E-state index contributed by atoms with van der Waals surface area (Å²) in [6.07, 6.45) is 2.86. The van der Waals surface area contributed by atoms with Gasteiger partial charge in [0.1, 0.15) is 6.10 Å². The Morgan fingerprint density at radius 1 is 1.19 bits per heavy atom. The SMILES string of the molecule is Cc1ccncc1C(O)c1ccc(I)cc1. The van der Waals surface area contributed by atoms with E-state index in [1.807, 2.05) is 37.3 Å². The highest BCUT2D eigenvalue weighted by molar-refractivity contribution is 14.1. The summed E-state index contributed by atoms with van der Waals surface area (Å²) in [6, 6.07) is 9.78. The molecule has 0 aliphatic carbocycles. The van der Waals surface area contributed by atoms with Crippen molar-refractivity contribution in [3.05, 3.63) is 63.0 Å². The van der Waals surface area contributed by atoms with Crippen LogP contribution in [0.25, 0.3) is 0 Å². The number of hydrogen-bond donors (Lipinski definition) is 1. The molecule has 0 bridgehead atoms. The molecule has 1 atom stereocenters. The summed E-state index contributed by atoms with van der Waals surface area (Å²) in [5, 5.41) is 10.2. The number of halogens is 1. The summed E-state index contributed by atoms with van der Waals surface area (Å²) < 4.78 is 1.16. The maximum absolute atomic E-state index is 10.2. The van der Waals surface area contributed by atoms with E-state index in [1.165, 1.54) is 0 Å². The quantitative estimate of drug-likeness (QED) is 0.861. The Balaban J connectivity index is 2.35. The third-order valence-electron chi connectivity index (χ3n) is 2.56. The van der Waals surface area contributed by atoms with Crippen LogP contribution in [-0.2, 0) is 0 Å². The summed E-state index contributed by atoms with van der Waals surface area (Å²) >= 11 is 2.25. The molecule has 0 saturated heterocycles. The molecule has 3 heteroatoms. The molecule has 0 radical (unpaired) electrons. The monoisotopic (exact) mass is 325 g/mol. The van der Waals surface area contributed by atoms with Gasteiger partial charge < -0.3 is 5.11 Å². The number of pyridine rings is 1. The van der Waals surface area contributed by atoms with E-state index >= 15 is 0 Å². The van der Waals surface area contributed by atoms with Crippen LogP contribution in [0.1, 0.15) is 22.8 Å². The van der Waals surface area contributed by atoms with Gasteiger partial charge in [0.15, 0.2) is 0 Å². The van der Waals surface area contributed by atoms with Gasteiger partial charge in [0.2, 0.25) is 0 Å². The molecule has 0 amide bonds. The Morgan fingerprint density at radius 2 is 1.88 bits per heavy atom. The van der Waals surface area contributed by atoms with Crippen molar-refractivity contribution in [3.63, 3.8) is 0 Å². The average molecular weight is 325 g/mol. The van der Waals surface area contributed by atoms with Crippen molar-refractivity contribution in [1.29, 1.82) is 0 Å². The second-order valence-corrected chi connectivity index (χ2v) is 4.93. The topological polar surface area (TPSA) is 33.1 Å². The fourth-order valence-corrected chi connectivity index (χ4v) is 1.95. The molecular weight excluding hydrogens is 313 g/mol. The maximum Gasteiger partial charge on any atom is 0.106 e. The molecule has 2 nitrogen and oxygen atoms in total. The lowest BCUT2D eigenvalue weighted by molar-refractivity contribution is 0.219. The van der Waals surface area contributed by atoms with Crippen molar-refractivity contribution >= 4 is 22.6 Å². The third kappa shape index (κ3) is 2.41. The first-order chi connectivity index (χ1) is 7.68. The van der Waals surface area contributed by atoms with Crippen LogP contribution in [0.2, 0.25) is 0 Å². The zero-order chi connectivity index (χ0) is 11.5. The number of aryl methyl sites for hydroxylation is 1. The molecule has 0 fully saturated rings. The molecule has 1 N–H and O–H groups in total. The smallest absolute Gasteiger partial charge is 0.106 e. The number of rotatable bonds is 2. The second kappa shape index (κ2) is 4.93. The molecule has 0 aliphatic rings. The number of aliphatic hydroxyl groups excluding tert-OH is 1. The lowest BCUT2D eigenvalue weighted by Gasteiger charge is -2.13. The van der Waals surface area contributed by atoms with Crippen molar-refractivity contribution in [2.45, 2.75) is 13.0 Å². The molecule has 1 heterocycles. The zero-order valence-electron chi connectivity index (χ0n) is 8.89. The maximum atomic E-state index is 10.2. The van der Waals surface area contributed by atoms with E-state index in [9.17, 15) is 5.11 Å². The summed E-state index contributed by atoms with van der Waals surface area (Å²) in [7, 11) is 0. The van der Waals surface area contributed by atoms with Crippen LogP contribution < -0.4 is 0 Å². The van der Waals surface area contributed by atoms with Crippen molar-refractivity contribution in [3.8, 4) is 0 Å². The van der Waals surface area contributed by atoms with Gasteiger partial charge >= 0.3 is 0 Å². The molecule has 0 spiro atoms. The predicted molar refractivity (Wildman–Crippen MR) is 72.2 cm³/mol. The fourth-order valence-electron chi connectivity index (χ4n) is 1.59. The molecule has 0 aliphatic heterocycles. The summed E-state index contributed by atoms with van der Waals surface area (Å²) in [5.41, 5.74) is 2.82. The van der Waals surface area contributed by atoms with E-state index in [0.29, 0.717) is 0 Å². The summed E-state index contributed by atoms with van der Waals surface area (Å²) in [5.74, 6) is 0. The van der Waals surface area contributed by atoms with Gasteiger partial charge in [-0.3, -0.25) is 4.98 Å². The van der Waals surface area contributed by atoms with Crippen molar-refractivity contribution in [1.82, 2.24) is 4.98 Å². The first-order valence-electron chi connectivity index (χ1n) is 5.02. The van der Waals surface area contributed by atoms with Crippen LogP contribution in [0.15, 0.2) is 42.7 Å². The minimum absolute atomic E-state index is 0.592. The number of benzene rings is 1. The molecule has 1 aromatic heterocycles. The Hall–Kier alpha value is -0.940. The van der Waals surface area contributed by atoms with Gasteiger partial charge in [-0.2, -0.15) is 0 Å². The molecule has 2 rings (SSSR count). The highest BCUT2D eigenvalue weighted by Gasteiger charge is 2.12. The minimum Gasteiger partial charge on any atom is -0.384 e. The van der Waals surface area contributed by atoms with E-state index in [-0.39, 0.29) is 0 Å². The van der Waals surface area contributed by atoms with E-state index in [0.717, 1.165) is 20.3 Å². The van der Waals surface area contributed by atoms with Crippen LogP contribution in [0.3, 0.4) is 0 Å². The number of nitrogens with zero attached hydrogens (tertiary/aromatic N) is 1. The number of hydrogen-bond acceptors (Lipinski definition) is 2. The van der Waals surface area contributed by atoms with Crippen LogP contribution in [0, 0.1) is 10.5 Å². The minimum atomic E-state index is -0.592. The molecule has 1 aromatic carbocycles. The lowest BCUT2D eigenvalue weighted by Crippen LogP contribution is -2.02. The van der Waals surface area contributed by atoms with Gasteiger partial charge in [0.05, 0.1) is 0 Å². The first kappa shape index (κ1) is 11.5. The van der Waals surface area contributed by atoms with Gasteiger partial charge in [-0.25, -0.2) is 0 Å². The third-order valence-corrected chi connectivity index (χ3v) is 3.28. The van der Waals surface area contributed by atoms with Gasteiger partial charge in [-0.15, -0.1) is 0 Å². The highest BCUT2D eigenvalue weighted by atomic mass is 127. The summed E-state index contributed by atoms with van der Waals surface area (Å²) in [4.78, 5) is 4.05. The molecular formula is C13H12INO. The predicted octanol–water partition coefficient (Wildman–Crippen LogP) is 3.08. The number of aliphatic hydroxyl groups is 1. The summed E-state index contributed by atoms with van der Waals surface area (Å²) in [6.45, 7) is 1.98. The van der Waals surface area contributed by atoms with Crippen molar-refractivity contribution in [2.75, 3.05) is 0 Å².